The molecule has 0 spiro atoms. The van der Waals surface area contributed by atoms with Crippen molar-refractivity contribution in [1.29, 1.82) is 0 Å². The number of carbonyl (C=O) groups excluding carboxylic acids is 1. The second kappa shape index (κ2) is 5.48. The van der Waals surface area contributed by atoms with Gasteiger partial charge in [-0.25, -0.2) is 14.2 Å². The summed E-state index contributed by atoms with van der Waals surface area (Å²) in [5.74, 6) is -0.887. The smallest absolute Gasteiger partial charge is 0.376 e. The zero-order valence-corrected chi connectivity index (χ0v) is 12.9. The monoisotopic (exact) mass is 311 g/mol. The average molecular weight is 312 g/mol. The molecule has 4 nitrogen and oxygen atoms in total. The molecule has 1 aromatic heterocycles. The van der Waals surface area contributed by atoms with Gasteiger partial charge in [0.1, 0.15) is 11.5 Å². The van der Waals surface area contributed by atoms with Crippen LogP contribution < -0.4 is 0 Å². The number of nitrogens with zero attached hydrogens (tertiary/aromatic N) is 1. The van der Waals surface area contributed by atoms with Gasteiger partial charge in [0.05, 0.1) is 17.7 Å². The van der Waals surface area contributed by atoms with Crippen LogP contribution in [-0.2, 0) is 10.2 Å². The van der Waals surface area contributed by atoms with E-state index in [0.717, 1.165) is 6.07 Å². The molecule has 0 aliphatic rings. The summed E-state index contributed by atoms with van der Waals surface area (Å²) in [6, 6.07) is 3.87. The van der Waals surface area contributed by atoms with E-state index in [1.54, 1.807) is 0 Å². The highest BCUT2D eigenvalue weighted by Gasteiger charge is 2.30. The molecule has 0 radical (unpaired) electrons. The summed E-state index contributed by atoms with van der Waals surface area (Å²) in [6.07, 6.45) is 0. The van der Waals surface area contributed by atoms with E-state index < -0.39 is 17.2 Å². The maximum atomic E-state index is 13.1. The Bertz CT molecular complexity index is 689. The van der Waals surface area contributed by atoms with Crippen LogP contribution in [0.25, 0.3) is 11.5 Å². The van der Waals surface area contributed by atoms with Gasteiger partial charge in [-0.15, -0.1) is 0 Å². The predicted octanol–water partition coefficient (Wildman–Crippen LogP) is 4.22. The molecule has 0 aliphatic heterocycles. The number of esters is 1. The molecule has 0 atom stereocenters. The maximum absolute atomic E-state index is 13.1. The van der Waals surface area contributed by atoms with Gasteiger partial charge in [0.15, 0.2) is 0 Å². The Morgan fingerprint density at radius 3 is 2.57 bits per heavy atom. The molecule has 0 aliphatic carbocycles. The van der Waals surface area contributed by atoms with Gasteiger partial charge in [0, 0.05) is 5.41 Å². The fourth-order valence-corrected chi connectivity index (χ4v) is 2.09. The topological polar surface area (TPSA) is 52.3 Å². The second-order valence-electron chi connectivity index (χ2n) is 5.56. The molecule has 1 aromatic carbocycles. The molecular weight excluding hydrogens is 297 g/mol. The van der Waals surface area contributed by atoms with Crippen molar-refractivity contribution in [1.82, 2.24) is 4.98 Å². The van der Waals surface area contributed by atoms with Gasteiger partial charge in [-0.2, -0.15) is 0 Å². The van der Waals surface area contributed by atoms with Crippen molar-refractivity contribution in [3.05, 3.63) is 40.5 Å². The van der Waals surface area contributed by atoms with Gasteiger partial charge < -0.3 is 9.15 Å². The predicted molar refractivity (Wildman–Crippen MR) is 76.9 cm³/mol. The van der Waals surface area contributed by atoms with Crippen molar-refractivity contribution in [3.8, 4) is 11.5 Å². The van der Waals surface area contributed by atoms with E-state index in [1.165, 1.54) is 19.2 Å². The first-order valence-corrected chi connectivity index (χ1v) is 6.67. The first-order chi connectivity index (χ1) is 9.74. The number of rotatable bonds is 2. The number of hydrogen-bond acceptors (Lipinski definition) is 4. The highest BCUT2D eigenvalue weighted by atomic mass is 35.5. The zero-order valence-electron chi connectivity index (χ0n) is 12.2. The lowest BCUT2D eigenvalue weighted by atomic mass is 9.91. The van der Waals surface area contributed by atoms with E-state index in [1.807, 2.05) is 20.8 Å². The minimum atomic E-state index is -0.614. The molecule has 0 amide bonds. The standard InChI is InChI=1S/C15H15ClFNO3/c1-15(2,3)12-11(14(19)20-4)21-13(18-12)9-6-5-8(17)7-10(9)16/h5-7H,1-4H3. The molecule has 6 heteroatoms. The van der Waals surface area contributed by atoms with Crippen molar-refractivity contribution >= 4 is 17.6 Å². The van der Waals surface area contributed by atoms with E-state index >= 15 is 0 Å². The third kappa shape index (κ3) is 3.08. The number of benzene rings is 1. The van der Waals surface area contributed by atoms with E-state index in [0.29, 0.717) is 11.3 Å². The summed E-state index contributed by atoms with van der Waals surface area (Å²) >= 11 is 6.00. The highest BCUT2D eigenvalue weighted by Crippen LogP contribution is 2.33. The quantitative estimate of drug-likeness (QED) is 0.779. The Kier molecular flexibility index (Phi) is 4.05. The third-order valence-electron chi connectivity index (χ3n) is 2.87. The third-order valence-corrected chi connectivity index (χ3v) is 3.18. The van der Waals surface area contributed by atoms with Gasteiger partial charge in [-0.3, -0.25) is 0 Å². The summed E-state index contributed by atoms with van der Waals surface area (Å²) in [6.45, 7) is 5.69. The Morgan fingerprint density at radius 1 is 1.38 bits per heavy atom. The van der Waals surface area contributed by atoms with Crippen LogP contribution in [0.15, 0.2) is 22.6 Å². The molecule has 21 heavy (non-hydrogen) atoms. The van der Waals surface area contributed by atoms with Crippen molar-refractivity contribution in [3.63, 3.8) is 0 Å². The number of methoxy groups -OCH3 is 1. The summed E-state index contributed by atoms with van der Waals surface area (Å²) in [7, 11) is 1.27. The molecule has 1 heterocycles. The summed E-state index contributed by atoms with van der Waals surface area (Å²) in [5, 5.41) is 0.160. The number of oxazole rings is 1. The Morgan fingerprint density at radius 2 is 2.05 bits per heavy atom. The number of halogens is 2. The van der Waals surface area contributed by atoms with Crippen LogP contribution >= 0.6 is 11.6 Å². The van der Waals surface area contributed by atoms with Gasteiger partial charge in [0.2, 0.25) is 11.7 Å². The maximum Gasteiger partial charge on any atom is 0.376 e. The van der Waals surface area contributed by atoms with Crippen LogP contribution in [-0.4, -0.2) is 18.1 Å². The van der Waals surface area contributed by atoms with Crippen LogP contribution in [0.4, 0.5) is 4.39 Å². The van der Waals surface area contributed by atoms with Gasteiger partial charge in [-0.05, 0) is 18.2 Å². The molecule has 0 bridgehead atoms. The van der Waals surface area contributed by atoms with Crippen LogP contribution in [0.5, 0.6) is 0 Å². The molecule has 0 fully saturated rings. The molecular formula is C15H15ClFNO3. The molecule has 0 N–H and O–H groups in total. The zero-order chi connectivity index (χ0) is 15.8. The van der Waals surface area contributed by atoms with E-state index in [2.05, 4.69) is 4.98 Å². The SMILES string of the molecule is COC(=O)c1oc(-c2ccc(F)cc2Cl)nc1C(C)(C)C. The molecule has 2 aromatic rings. The fraction of sp³-hybridized carbons (Fsp3) is 0.333. The molecule has 0 saturated carbocycles. The lowest BCUT2D eigenvalue weighted by Crippen LogP contribution is -2.17. The summed E-state index contributed by atoms with van der Waals surface area (Å²) in [4.78, 5) is 16.2. The van der Waals surface area contributed by atoms with Crippen molar-refractivity contribution in [2.45, 2.75) is 26.2 Å². The molecule has 112 valence electrons. The lowest BCUT2D eigenvalue weighted by Gasteiger charge is -2.15. The van der Waals surface area contributed by atoms with Gasteiger partial charge in [-0.1, -0.05) is 32.4 Å². The van der Waals surface area contributed by atoms with Crippen molar-refractivity contribution in [2.24, 2.45) is 0 Å². The minimum Gasteiger partial charge on any atom is -0.463 e. The van der Waals surface area contributed by atoms with Crippen molar-refractivity contribution < 1.29 is 18.3 Å². The van der Waals surface area contributed by atoms with E-state index in [4.69, 9.17) is 20.8 Å². The molecule has 2 rings (SSSR count). The molecule has 0 unspecified atom stereocenters. The van der Waals surface area contributed by atoms with Gasteiger partial charge in [0.25, 0.3) is 0 Å². The molecule has 0 saturated heterocycles. The van der Waals surface area contributed by atoms with Crippen LogP contribution in [0, 0.1) is 5.82 Å². The normalized spacial score (nSPS) is 11.5. The Hall–Kier alpha value is -1.88. The van der Waals surface area contributed by atoms with Crippen molar-refractivity contribution in [2.75, 3.05) is 7.11 Å². The number of hydrogen-bond donors (Lipinski definition) is 0. The van der Waals surface area contributed by atoms with Gasteiger partial charge >= 0.3 is 5.97 Å². The van der Waals surface area contributed by atoms with Crippen LogP contribution in [0.2, 0.25) is 5.02 Å². The summed E-state index contributed by atoms with van der Waals surface area (Å²) in [5.41, 5.74) is 0.459. The first-order valence-electron chi connectivity index (χ1n) is 6.29. The largest absolute Gasteiger partial charge is 0.463 e. The minimum absolute atomic E-state index is 0.0281. The number of carbonyl (C=O) groups is 1. The van der Waals surface area contributed by atoms with Crippen LogP contribution in [0.3, 0.4) is 0 Å². The highest BCUT2D eigenvalue weighted by molar-refractivity contribution is 6.33. The first kappa shape index (κ1) is 15.5. The van der Waals surface area contributed by atoms with Crippen LogP contribution in [0.1, 0.15) is 37.0 Å². The average Bonchev–Trinajstić information content (AvgIpc) is 2.82. The Labute approximate surface area is 126 Å². The Balaban J connectivity index is 2.61. The van der Waals surface area contributed by atoms with E-state index in [-0.39, 0.29) is 16.7 Å². The number of ether oxygens (including phenoxy) is 1. The fourth-order valence-electron chi connectivity index (χ4n) is 1.84. The van der Waals surface area contributed by atoms with E-state index in [9.17, 15) is 9.18 Å². The summed E-state index contributed by atoms with van der Waals surface area (Å²) < 4.78 is 23.3. The lowest BCUT2D eigenvalue weighted by molar-refractivity contribution is 0.0562. The number of aromatic nitrogens is 1. The second-order valence-corrected chi connectivity index (χ2v) is 5.97.